The number of likely N-dealkylation sites (N-methyl/N-ethyl adjacent to an activating group) is 1. The van der Waals surface area contributed by atoms with Crippen molar-refractivity contribution in [2.75, 3.05) is 19.4 Å². The monoisotopic (exact) mass is 297 g/mol. The van der Waals surface area contributed by atoms with Crippen LogP contribution in [0.5, 0.6) is 5.75 Å². The van der Waals surface area contributed by atoms with Gasteiger partial charge in [0.2, 0.25) is 0 Å². The molecule has 2 atom stereocenters. The van der Waals surface area contributed by atoms with Gasteiger partial charge in [-0.3, -0.25) is 0 Å². The van der Waals surface area contributed by atoms with E-state index in [0.717, 1.165) is 24.5 Å². The second kappa shape index (κ2) is 5.39. The molecule has 108 valence electrons. The predicted molar refractivity (Wildman–Crippen MR) is 87.3 cm³/mol. The number of fused-ring (bicyclic) bond motifs is 2. The van der Waals surface area contributed by atoms with Gasteiger partial charge in [0.1, 0.15) is 5.75 Å². The molecule has 0 bridgehead atoms. The summed E-state index contributed by atoms with van der Waals surface area (Å²) in [7, 11) is 2.06. The third-order valence-electron chi connectivity index (χ3n) is 4.53. The number of para-hydroxylation sites is 1. The van der Waals surface area contributed by atoms with Gasteiger partial charge in [0.15, 0.2) is 0 Å². The molecule has 0 saturated heterocycles. The SMILES string of the molecule is CNC(c1cccc2c1OCC2)C1CSc2ccccc21. The zero-order valence-electron chi connectivity index (χ0n) is 12.1. The number of hydrogen-bond acceptors (Lipinski definition) is 3. The largest absolute Gasteiger partial charge is 0.493 e. The molecular weight excluding hydrogens is 278 g/mol. The molecule has 2 unspecified atom stereocenters. The predicted octanol–water partition coefficient (Wildman–Crippen LogP) is 3.77. The van der Waals surface area contributed by atoms with Gasteiger partial charge in [-0.05, 0) is 24.2 Å². The first-order valence-electron chi connectivity index (χ1n) is 7.52. The summed E-state index contributed by atoms with van der Waals surface area (Å²) < 4.78 is 5.91. The lowest BCUT2D eigenvalue weighted by Gasteiger charge is -2.25. The summed E-state index contributed by atoms with van der Waals surface area (Å²) in [6.07, 6.45) is 1.04. The zero-order valence-corrected chi connectivity index (χ0v) is 13.0. The van der Waals surface area contributed by atoms with Gasteiger partial charge >= 0.3 is 0 Å². The van der Waals surface area contributed by atoms with Crippen molar-refractivity contribution in [1.29, 1.82) is 0 Å². The minimum Gasteiger partial charge on any atom is -0.493 e. The second-order valence-corrected chi connectivity index (χ2v) is 6.72. The summed E-state index contributed by atoms with van der Waals surface area (Å²) in [4.78, 5) is 1.43. The molecule has 2 aromatic carbocycles. The Morgan fingerprint density at radius 3 is 3.00 bits per heavy atom. The maximum absolute atomic E-state index is 5.91. The molecule has 2 aliphatic rings. The Morgan fingerprint density at radius 2 is 2.10 bits per heavy atom. The van der Waals surface area contributed by atoms with E-state index < -0.39 is 0 Å². The number of nitrogens with one attached hydrogen (secondary N) is 1. The average molecular weight is 297 g/mol. The molecule has 4 rings (SSSR count). The molecule has 0 fully saturated rings. The lowest BCUT2D eigenvalue weighted by Crippen LogP contribution is -2.24. The van der Waals surface area contributed by atoms with Crippen molar-refractivity contribution < 1.29 is 4.74 Å². The maximum atomic E-state index is 5.91. The number of hydrogen-bond donors (Lipinski definition) is 1. The van der Waals surface area contributed by atoms with Crippen LogP contribution < -0.4 is 10.1 Å². The van der Waals surface area contributed by atoms with E-state index in [-0.39, 0.29) is 0 Å². The highest BCUT2D eigenvalue weighted by Crippen LogP contribution is 2.47. The normalized spacial score (nSPS) is 20.7. The van der Waals surface area contributed by atoms with Crippen LogP contribution in [0.15, 0.2) is 47.4 Å². The summed E-state index contributed by atoms with van der Waals surface area (Å²) >= 11 is 1.97. The Balaban J connectivity index is 1.75. The third-order valence-corrected chi connectivity index (χ3v) is 5.74. The Bertz CT molecular complexity index is 670. The molecule has 0 saturated carbocycles. The van der Waals surface area contributed by atoms with E-state index in [1.54, 1.807) is 0 Å². The van der Waals surface area contributed by atoms with Gasteiger partial charge in [0.05, 0.1) is 6.61 Å². The molecule has 2 heterocycles. The van der Waals surface area contributed by atoms with E-state index in [0.29, 0.717) is 12.0 Å². The zero-order chi connectivity index (χ0) is 14.2. The van der Waals surface area contributed by atoms with Crippen LogP contribution in [0.1, 0.15) is 28.7 Å². The standard InChI is InChI=1S/C18H19NOS/c1-19-17(14-7-4-5-12-9-10-20-18(12)14)15-11-21-16-8-3-2-6-13(15)16/h2-8,15,17,19H,9-11H2,1H3. The molecule has 0 radical (unpaired) electrons. The summed E-state index contributed by atoms with van der Waals surface area (Å²) in [6.45, 7) is 0.818. The van der Waals surface area contributed by atoms with Gasteiger partial charge in [-0.25, -0.2) is 0 Å². The van der Waals surface area contributed by atoms with Crippen LogP contribution in [0, 0.1) is 0 Å². The smallest absolute Gasteiger partial charge is 0.127 e. The molecule has 0 aromatic heterocycles. The van der Waals surface area contributed by atoms with Gasteiger partial charge in [-0.2, -0.15) is 0 Å². The molecule has 1 N–H and O–H groups in total. The van der Waals surface area contributed by atoms with Gasteiger partial charge < -0.3 is 10.1 Å². The third kappa shape index (κ3) is 2.16. The lowest BCUT2D eigenvalue weighted by atomic mass is 9.87. The molecule has 3 heteroatoms. The lowest BCUT2D eigenvalue weighted by molar-refractivity contribution is 0.346. The molecule has 21 heavy (non-hydrogen) atoms. The van der Waals surface area contributed by atoms with Crippen LogP contribution in [-0.4, -0.2) is 19.4 Å². The highest BCUT2D eigenvalue weighted by atomic mass is 32.2. The summed E-state index contributed by atoms with van der Waals surface area (Å²) in [5.74, 6) is 2.76. The second-order valence-electron chi connectivity index (χ2n) is 5.66. The minimum atomic E-state index is 0.314. The van der Waals surface area contributed by atoms with E-state index in [2.05, 4.69) is 54.8 Å². The van der Waals surface area contributed by atoms with Crippen molar-refractivity contribution in [2.24, 2.45) is 0 Å². The van der Waals surface area contributed by atoms with E-state index in [9.17, 15) is 0 Å². The molecular formula is C18H19NOS. The first-order valence-corrected chi connectivity index (χ1v) is 8.50. The number of rotatable bonds is 3. The Labute approximate surface area is 129 Å². The number of benzene rings is 2. The van der Waals surface area contributed by atoms with Crippen molar-refractivity contribution in [3.63, 3.8) is 0 Å². The number of ether oxygens (including phenoxy) is 1. The van der Waals surface area contributed by atoms with E-state index in [4.69, 9.17) is 4.74 Å². The van der Waals surface area contributed by atoms with Crippen molar-refractivity contribution in [3.8, 4) is 5.75 Å². The highest BCUT2D eigenvalue weighted by Gasteiger charge is 2.33. The minimum absolute atomic E-state index is 0.314. The summed E-state index contributed by atoms with van der Waals surface area (Å²) in [6, 6.07) is 15.7. The van der Waals surface area contributed by atoms with Crippen molar-refractivity contribution in [3.05, 3.63) is 59.2 Å². The van der Waals surface area contributed by atoms with Crippen LogP contribution in [0.3, 0.4) is 0 Å². The van der Waals surface area contributed by atoms with Crippen LogP contribution in [0.25, 0.3) is 0 Å². The highest BCUT2D eigenvalue weighted by molar-refractivity contribution is 7.99. The maximum Gasteiger partial charge on any atom is 0.127 e. The average Bonchev–Trinajstić information content (AvgIpc) is 3.15. The van der Waals surface area contributed by atoms with Crippen molar-refractivity contribution in [1.82, 2.24) is 5.32 Å². The summed E-state index contributed by atoms with van der Waals surface area (Å²) in [5, 5.41) is 3.54. The topological polar surface area (TPSA) is 21.3 Å². The fourth-order valence-electron chi connectivity index (χ4n) is 3.52. The van der Waals surface area contributed by atoms with Gasteiger partial charge in [-0.15, -0.1) is 11.8 Å². The van der Waals surface area contributed by atoms with Crippen LogP contribution in [0.2, 0.25) is 0 Å². The molecule has 2 aliphatic heterocycles. The van der Waals surface area contributed by atoms with Crippen molar-refractivity contribution >= 4 is 11.8 Å². The Hall–Kier alpha value is -1.45. The Kier molecular flexibility index (Phi) is 3.40. The first-order chi connectivity index (χ1) is 10.4. The Morgan fingerprint density at radius 1 is 1.19 bits per heavy atom. The van der Waals surface area contributed by atoms with Gasteiger partial charge in [-0.1, -0.05) is 36.4 Å². The van der Waals surface area contributed by atoms with E-state index in [1.807, 2.05) is 11.8 Å². The molecule has 0 aliphatic carbocycles. The van der Waals surface area contributed by atoms with Crippen LogP contribution in [-0.2, 0) is 6.42 Å². The van der Waals surface area contributed by atoms with E-state index in [1.165, 1.54) is 21.6 Å². The molecule has 0 spiro atoms. The van der Waals surface area contributed by atoms with E-state index >= 15 is 0 Å². The van der Waals surface area contributed by atoms with Crippen LogP contribution in [0.4, 0.5) is 0 Å². The first kappa shape index (κ1) is 13.2. The molecule has 2 aromatic rings. The van der Waals surface area contributed by atoms with Crippen molar-refractivity contribution in [2.45, 2.75) is 23.3 Å². The van der Waals surface area contributed by atoms with Gasteiger partial charge in [0.25, 0.3) is 0 Å². The van der Waals surface area contributed by atoms with Gasteiger partial charge in [0, 0.05) is 34.6 Å². The fourth-order valence-corrected chi connectivity index (χ4v) is 4.81. The number of thioether (sulfide) groups is 1. The molecule has 0 amide bonds. The summed E-state index contributed by atoms with van der Waals surface area (Å²) in [5.41, 5.74) is 4.14. The fraction of sp³-hybridized carbons (Fsp3) is 0.333. The van der Waals surface area contributed by atoms with Crippen LogP contribution >= 0.6 is 11.8 Å². The molecule has 2 nitrogen and oxygen atoms in total. The quantitative estimate of drug-likeness (QED) is 0.932.